The van der Waals surface area contributed by atoms with Gasteiger partial charge in [0.2, 0.25) is 10.0 Å². The number of sulfonamides is 1. The average Bonchev–Trinajstić information content (AvgIpc) is 2.53. The average molecular weight is 354 g/mol. The lowest BCUT2D eigenvalue weighted by Crippen LogP contribution is -2.11. The summed E-state index contributed by atoms with van der Waals surface area (Å²) in [5, 5.41) is 4.88. The zero-order chi connectivity index (χ0) is 17.3. The Balaban J connectivity index is 0.000000231. The molecule has 124 valence electrons. The van der Waals surface area contributed by atoms with Crippen LogP contribution in [0.15, 0.2) is 59.5 Å². The predicted octanol–water partition coefficient (Wildman–Crippen LogP) is 3.07. The van der Waals surface area contributed by atoms with Crippen molar-refractivity contribution in [3.8, 4) is 0 Å². The highest BCUT2D eigenvalue weighted by atomic mass is 35.5. The topological polar surface area (TPSA) is 77.2 Å². The molecule has 0 saturated carbocycles. The second-order valence-electron chi connectivity index (χ2n) is 5.02. The number of primary sulfonamides is 1. The fourth-order valence-corrected chi connectivity index (χ4v) is 2.37. The number of carbonyl (C=O) groups is 1. The summed E-state index contributed by atoms with van der Waals surface area (Å²) in [6.07, 6.45) is 1.35. The summed E-state index contributed by atoms with van der Waals surface area (Å²) in [5.41, 5.74) is 2.20. The Labute approximate surface area is 142 Å². The number of benzene rings is 2. The van der Waals surface area contributed by atoms with Crippen molar-refractivity contribution in [3.05, 3.63) is 65.7 Å². The summed E-state index contributed by atoms with van der Waals surface area (Å²) >= 11 is 5.37. The monoisotopic (exact) mass is 353 g/mol. The maximum atomic E-state index is 10.9. The van der Waals surface area contributed by atoms with Crippen molar-refractivity contribution in [1.82, 2.24) is 0 Å². The van der Waals surface area contributed by atoms with Crippen LogP contribution in [-0.4, -0.2) is 20.1 Å². The standard InChI is InChI=1S/C10H11ClO.C7H9NO2S/c11-8-10(12)7-6-9-4-2-1-3-5-9;1-6-2-4-7(5-3-6)11(8,9)10/h1-5H,6-8H2;2-5H,1H3,(H2,8,9,10). The second-order valence-corrected chi connectivity index (χ2v) is 6.84. The molecule has 2 aromatic carbocycles. The summed E-state index contributed by atoms with van der Waals surface area (Å²) in [6, 6.07) is 16.3. The van der Waals surface area contributed by atoms with Crippen molar-refractivity contribution in [2.45, 2.75) is 24.7 Å². The number of Topliss-reactive ketones (excluding diaryl/α,β-unsaturated/α-hetero) is 1. The number of halogens is 1. The van der Waals surface area contributed by atoms with Crippen molar-refractivity contribution in [3.63, 3.8) is 0 Å². The number of hydrogen-bond acceptors (Lipinski definition) is 3. The Morgan fingerprint density at radius 2 is 1.61 bits per heavy atom. The summed E-state index contributed by atoms with van der Waals surface area (Å²) in [6.45, 7) is 1.88. The van der Waals surface area contributed by atoms with E-state index >= 15 is 0 Å². The van der Waals surface area contributed by atoms with E-state index in [9.17, 15) is 13.2 Å². The molecule has 0 aliphatic carbocycles. The van der Waals surface area contributed by atoms with Gasteiger partial charge in [-0.15, -0.1) is 11.6 Å². The first-order chi connectivity index (χ1) is 10.8. The molecule has 2 N–H and O–H groups in total. The molecular weight excluding hydrogens is 334 g/mol. The maximum Gasteiger partial charge on any atom is 0.238 e. The minimum atomic E-state index is -3.52. The summed E-state index contributed by atoms with van der Waals surface area (Å²) < 4.78 is 21.4. The number of alkyl halides is 1. The van der Waals surface area contributed by atoms with Crippen molar-refractivity contribution in [1.29, 1.82) is 0 Å². The lowest BCUT2D eigenvalue weighted by molar-refractivity contribution is -0.116. The highest BCUT2D eigenvalue weighted by Gasteiger charge is 2.04. The Bertz CT molecular complexity index is 713. The van der Waals surface area contributed by atoms with Gasteiger partial charge < -0.3 is 0 Å². The van der Waals surface area contributed by atoms with E-state index in [1.54, 1.807) is 12.1 Å². The molecule has 0 amide bonds. The summed E-state index contributed by atoms with van der Waals surface area (Å²) in [4.78, 5) is 11.0. The fraction of sp³-hybridized carbons (Fsp3) is 0.235. The molecule has 0 unspecified atom stereocenters. The Morgan fingerprint density at radius 1 is 1.04 bits per heavy atom. The number of aryl methyl sites for hydroxylation is 2. The molecule has 0 bridgehead atoms. The first-order valence-corrected chi connectivity index (χ1v) is 9.12. The van der Waals surface area contributed by atoms with E-state index in [4.69, 9.17) is 16.7 Å². The van der Waals surface area contributed by atoms with Crippen molar-refractivity contribution in [2.24, 2.45) is 5.14 Å². The van der Waals surface area contributed by atoms with Gasteiger partial charge in [-0.3, -0.25) is 4.79 Å². The van der Waals surface area contributed by atoms with E-state index in [-0.39, 0.29) is 16.6 Å². The van der Waals surface area contributed by atoms with Crippen LogP contribution in [0, 0.1) is 6.92 Å². The number of nitrogens with two attached hydrogens (primary N) is 1. The van der Waals surface area contributed by atoms with Crippen molar-refractivity contribution >= 4 is 27.4 Å². The highest BCUT2D eigenvalue weighted by Crippen LogP contribution is 2.07. The van der Waals surface area contributed by atoms with Crippen LogP contribution in [0.3, 0.4) is 0 Å². The third kappa shape index (κ3) is 7.93. The molecule has 2 aromatic rings. The molecule has 0 aromatic heterocycles. The molecule has 0 heterocycles. The van der Waals surface area contributed by atoms with Crippen molar-refractivity contribution in [2.75, 3.05) is 5.88 Å². The summed E-state index contributed by atoms with van der Waals surface area (Å²) in [7, 11) is -3.52. The zero-order valence-electron chi connectivity index (χ0n) is 12.9. The van der Waals surface area contributed by atoms with Crippen LogP contribution in [0.4, 0.5) is 0 Å². The van der Waals surface area contributed by atoms with Crippen LogP contribution in [0.25, 0.3) is 0 Å². The van der Waals surface area contributed by atoms with Crippen molar-refractivity contribution < 1.29 is 13.2 Å². The molecule has 6 heteroatoms. The smallest absolute Gasteiger partial charge is 0.238 e. The van der Waals surface area contributed by atoms with Gasteiger partial charge >= 0.3 is 0 Å². The minimum Gasteiger partial charge on any atom is -0.298 e. The minimum absolute atomic E-state index is 0.112. The molecule has 0 radical (unpaired) electrons. The number of ketones is 1. The van der Waals surface area contributed by atoms with Crippen LogP contribution in [-0.2, 0) is 21.2 Å². The predicted molar refractivity (Wildman–Crippen MR) is 93.0 cm³/mol. The van der Waals surface area contributed by atoms with Crippen LogP contribution >= 0.6 is 11.6 Å². The van der Waals surface area contributed by atoms with Crippen LogP contribution < -0.4 is 5.14 Å². The normalized spacial score (nSPS) is 10.6. The lowest BCUT2D eigenvalue weighted by Gasteiger charge is -1.97. The molecule has 0 aliphatic heterocycles. The second kappa shape index (κ2) is 9.45. The highest BCUT2D eigenvalue weighted by molar-refractivity contribution is 7.89. The largest absolute Gasteiger partial charge is 0.298 e. The summed E-state index contributed by atoms with van der Waals surface area (Å²) in [5.74, 6) is 0.243. The number of carbonyl (C=O) groups excluding carboxylic acids is 1. The van der Waals surface area contributed by atoms with Gasteiger partial charge in [-0.1, -0.05) is 48.0 Å². The molecular formula is C17H20ClNO3S. The van der Waals surface area contributed by atoms with Crippen LogP contribution in [0.1, 0.15) is 17.5 Å². The molecule has 4 nitrogen and oxygen atoms in total. The third-order valence-electron chi connectivity index (χ3n) is 3.03. The van der Waals surface area contributed by atoms with E-state index in [0.717, 1.165) is 12.0 Å². The van der Waals surface area contributed by atoms with E-state index < -0.39 is 10.0 Å². The molecule has 0 atom stereocenters. The van der Waals surface area contributed by atoms with Gasteiger partial charge in [0.05, 0.1) is 10.8 Å². The van der Waals surface area contributed by atoms with Gasteiger partial charge in [0.1, 0.15) is 5.78 Å². The van der Waals surface area contributed by atoms with Crippen LogP contribution in [0.2, 0.25) is 0 Å². The van der Waals surface area contributed by atoms with E-state index in [0.29, 0.717) is 6.42 Å². The van der Waals surface area contributed by atoms with Gasteiger partial charge in [0.25, 0.3) is 0 Å². The lowest BCUT2D eigenvalue weighted by atomic mass is 10.1. The Kier molecular flexibility index (Phi) is 7.95. The van der Waals surface area contributed by atoms with Gasteiger partial charge in [-0.2, -0.15) is 0 Å². The van der Waals surface area contributed by atoms with E-state index in [1.165, 1.54) is 17.7 Å². The number of hydrogen-bond donors (Lipinski definition) is 1. The van der Waals surface area contributed by atoms with Crippen LogP contribution in [0.5, 0.6) is 0 Å². The van der Waals surface area contributed by atoms with E-state index in [1.807, 2.05) is 37.3 Å². The van der Waals surface area contributed by atoms with Gasteiger partial charge in [-0.05, 0) is 31.0 Å². The maximum absolute atomic E-state index is 10.9. The van der Waals surface area contributed by atoms with Gasteiger partial charge in [0, 0.05) is 6.42 Å². The van der Waals surface area contributed by atoms with Gasteiger partial charge in [-0.25, -0.2) is 13.6 Å². The molecule has 2 rings (SSSR count). The quantitative estimate of drug-likeness (QED) is 0.839. The molecule has 0 aliphatic rings. The number of rotatable bonds is 5. The fourth-order valence-electron chi connectivity index (χ4n) is 1.72. The van der Waals surface area contributed by atoms with E-state index in [2.05, 4.69) is 0 Å². The molecule has 0 saturated heterocycles. The SMILES string of the molecule is Cc1ccc(S(N)(=O)=O)cc1.O=C(CCl)CCc1ccccc1. The first-order valence-electron chi connectivity index (χ1n) is 7.04. The third-order valence-corrected chi connectivity index (χ3v) is 4.26. The molecule has 0 spiro atoms. The molecule has 0 fully saturated rings. The van der Waals surface area contributed by atoms with Gasteiger partial charge in [0.15, 0.2) is 0 Å². The first kappa shape index (κ1) is 19.4. The molecule has 23 heavy (non-hydrogen) atoms. The zero-order valence-corrected chi connectivity index (χ0v) is 14.5. The Morgan fingerprint density at radius 3 is 2.09 bits per heavy atom. The Hall–Kier alpha value is -1.69.